The third-order valence-corrected chi connectivity index (χ3v) is 4.78. The van der Waals surface area contributed by atoms with Gasteiger partial charge in [0.05, 0.1) is 11.3 Å². The number of rotatable bonds is 4. The molecule has 0 bridgehead atoms. The maximum atomic E-state index is 12.4. The summed E-state index contributed by atoms with van der Waals surface area (Å²) in [7, 11) is 0. The molecule has 0 unspecified atom stereocenters. The molecule has 2 amide bonds. The van der Waals surface area contributed by atoms with Crippen LogP contribution in [0.3, 0.4) is 0 Å². The van der Waals surface area contributed by atoms with Crippen LogP contribution in [0, 0.1) is 11.3 Å². The second kappa shape index (κ2) is 7.02. The zero-order chi connectivity index (χ0) is 17.0. The van der Waals surface area contributed by atoms with E-state index in [4.69, 9.17) is 0 Å². The van der Waals surface area contributed by atoms with Gasteiger partial charge in [0.1, 0.15) is 0 Å². The molecule has 0 atom stereocenters. The predicted molar refractivity (Wildman–Crippen MR) is 90.5 cm³/mol. The Kier molecular flexibility index (Phi) is 5.29. The molecule has 1 aromatic rings. The number of phenolic OH excluding ortho intramolecular Hbond substituents is 1. The number of amides is 2. The molecule has 1 saturated carbocycles. The van der Waals surface area contributed by atoms with Crippen LogP contribution in [-0.2, 0) is 4.79 Å². The Morgan fingerprint density at radius 1 is 1.22 bits per heavy atom. The van der Waals surface area contributed by atoms with E-state index in [1.807, 2.05) is 0 Å². The van der Waals surface area contributed by atoms with Gasteiger partial charge in [-0.15, -0.1) is 0 Å². The number of carbonyl (C=O) groups is 2. The molecule has 5 nitrogen and oxygen atoms in total. The first-order valence-electron chi connectivity index (χ1n) is 8.16. The highest BCUT2D eigenvalue weighted by atomic mass is 16.3. The molecule has 1 aliphatic carbocycles. The minimum Gasteiger partial charge on any atom is -0.505 e. The molecule has 1 fully saturated rings. The van der Waals surface area contributed by atoms with Crippen molar-refractivity contribution in [3.8, 4) is 5.75 Å². The lowest BCUT2D eigenvalue weighted by atomic mass is 9.71. The predicted octanol–water partition coefficient (Wildman–Crippen LogP) is 3.30. The van der Waals surface area contributed by atoms with Crippen LogP contribution in [0.25, 0.3) is 0 Å². The van der Waals surface area contributed by atoms with Crippen molar-refractivity contribution in [3.05, 3.63) is 23.8 Å². The van der Waals surface area contributed by atoms with Crippen molar-refractivity contribution in [3.63, 3.8) is 0 Å². The smallest absolute Gasteiger partial charge is 0.255 e. The summed E-state index contributed by atoms with van der Waals surface area (Å²) in [5, 5.41) is 15.5. The molecule has 3 N–H and O–H groups in total. The topological polar surface area (TPSA) is 78.4 Å². The summed E-state index contributed by atoms with van der Waals surface area (Å²) in [5.74, 6) is 0.195. The average Bonchev–Trinajstić information content (AvgIpc) is 2.49. The Morgan fingerprint density at radius 3 is 2.43 bits per heavy atom. The van der Waals surface area contributed by atoms with Gasteiger partial charge in [-0.3, -0.25) is 9.59 Å². The monoisotopic (exact) mass is 318 g/mol. The van der Waals surface area contributed by atoms with Crippen LogP contribution in [0.5, 0.6) is 5.75 Å². The van der Waals surface area contributed by atoms with Crippen LogP contribution in [-0.4, -0.2) is 23.5 Å². The van der Waals surface area contributed by atoms with Crippen LogP contribution in [0.1, 0.15) is 56.8 Å². The van der Waals surface area contributed by atoms with E-state index in [0.29, 0.717) is 17.7 Å². The zero-order valence-corrected chi connectivity index (χ0v) is 14.1. The SMILES string of the molecule is CC(C)(C)C1CCC(NC(=O)c2cccc(NC=O)c2O)CC1. The second-order valence-corrected chi connectivity index (χ2v) is 7.35. The molecule has 0 aliphatic heterocycles. The first-order valence-corrected chi connectivity index (χ1v) is 8.16. The Balaban J connectivity index is 1.98. The molecule has 126 valence electrons. The molecule has 1 aliphatic rings. The fourth-order valence-electron chi connectivity index (χ4n) is 3.27. The highest BCUT2D eigenvalue weighted by Crippen LogP contribution is 2.38. The third-order valence-electron chi connectivity index (χ3n) is 4.78. The van der Waals surface area contributed by atoms with Gasteiger partial charge in [0.25, 0.3) is 5.91 Å². The van der Waals surface area contributed by atoms with Gasteiger partial charge < -0.3 is 15.7 Å². The summed E-state index contributed by atoms with van der Waals surface area (Å²) < 4.78 is 0. The van der Waals surface area contributed by atoms with Crippen molar-refractivity contribution in [2.24, 2.45) is 11.3 Å². The Labute approximate surface area is 137 Å². The largest absolute Gasteiger partial charge is 0.505 e. The van der Waals surface area contributed by atoms with Gasteiger partial charge in [-0.2, -0.15) is 0 Å². The van der Waals surface area contributed by atoms with Crippen LogP contribution >= 0.6 is 0 Å². The molecule has 1 aromatic carbocycles. The van der Waals surface area contributed by atoms with E-state index in [2.05, 4.69) is 31.4 Å². The van der Waals surface area contributed by atoms with Crippen molar-refractivity contribution < 1.29 is 14.7 Å². The van der Waals surface area contributed by atoms with Crippen LogP contribution in [0.15, 0.2) is 18.2 Å². The number of hydrogen-bond donors (Lipinski definition) is 3. The van der Waals surface area contributed by atoms with Crippen molar-refractivity contribution in [2.45, 2.75) is 52.5 Å². The van der Waals surface area contributed by atoms with E-state index in [0.717, 1.165) is 25.7 Å². The van der Waals surface area contributed by atoms with E-state index >= 15 is 0 Å². The molecule has 0 aromatic heterocycles. The maximum Gasteiger partial charge on any atom is 0.255 e. The number of anilines is 1. The summed E-state index contributed by atoms with van der Waals surface area (Å²) in [4.78, 5) is 22.9. The van der Waals surface area contributed by atoms with Crippen LogP contribution < -0.4 is 10.6 Å². The summed E-state index contributed by atoms with van der Waals surface area (Å²) in [6.45, 7) is 6.79. The van der Waals surface area contributed by atoms with Gasteiger partial charge in [0.15, 0.2) is 5.75 Å². The van der Waals surface area contributed by atoms with Crippen molar-refractivity contribution in [1.29, 1.82) is 0 Å². The molecule has 0 saturated heterocycles. The minimum absolute atomic E-state index is 0.142. The van der Waals surface area contributed by atoms with Gasteiger partial charge in [0, 0.05) is 6.04 Å². The fourth-order valence-corrected chi connectivity index (χ4v) is 3.27. The van der Waals surface area contributed by atoms with E-state index < -0.39 is 0 Å². The normalized spacial score (nSPS) is 21.5. The van der Waals surface area contributed by atoms with Crippen LogP contribution in [0.2, 0.25) is 0 Å². The summed E-state index contributed by atoms with van der Waals surface area (Å²) >= 11 is 0. The quantitative estimate of drug-likeness (QED) is 0.589. The number of phenols is 1. The van der Waals surface area contributed by atoms with Gasteiger partial charge in [-0.05, 0) is 49.1 Å². The number of nitrogens with one attached hydrogen (secondary N) is 2. The molecule has 0 radical (unpaired) electrons. The van der Waals surface area contributed by atoms with Gasteiger partial charge in [0.2, 0.25) is 6.41 Å². The Morgan fingerprint density at radius 2 is 1.87 bits per heavy atom. The number of benzene rings is 1. The standard InChI is InChI=1S/C18H26N2O3/c1-18(2,3)12-7-9-13(10-8-12)20-17(23)14-5-4-6-15(16(14)22)19-11-21/h4-6,11-13,22H,7-10H2,1-3H3,(H,19,21)(H,20,23). The van der Waals surface area contributed by atoms with Crippen molar-refractivity contribution >= 4 is 18.0 Å². The lowest BCUT2D eigenvalue weighted by molar-refractivity contribution is -0.105. The summed E-state index contributed by atoms with van der Waals surface area (Å²) in [6, 6.07) is 4.89. The average molecular weight is 318 g/mol. The summed E-state index contributed by atoms with van der Waals surface area (Å²) in [5.41, 5.74) is 0.737. The highest BCUT2D eigenvalue weighted by molar-refractivity contribution is 5.99. The molecule has 0 spiro atoms. The highest BCUT2D eigenvalue weighted by Gasteiger charge is 2.30. The molecular weight excluding hydrogens is 292 g/mol. The van der Waals surface area contributed by atoms with Gasteiger partial charge >= 0.3 is 0 Å². The zero-order valence-electron chi connectivity index (χ0n) is 14.1. The molecule has 2 rings (SSSR count). The van der Waals surface area contributed by atoms with E-state index in [9.17, 15) is 14.7 Å². The lowest BCUT2D eigenvalue weighted by Crippen LogP contribution is -2.39. The number of hydrogen-bond acceptors (Lipinski definition) is 3. The van der Waals surface area contributed by atoms with Gasteiger partial charge in [-0.25, -0.2) is 0 Å². The molecule has 23 heavy (non-hydrogen) atoms. The lowest BCUT2D eigenvalue weighted by Gasteiger charge is -2.37. The van der Waals surface area contributed by atoms with E-state index in [-0.39, 0.29) is 28.9 Å². The third kappa shape index (κ3) is 4.24. The Hall–Kier alpha value is -2.04. The molecule has 5 heteroatoms. The van der Waals surface area contributed by atoms with E-state index in [1.54, 1.807) is 18.2 Å². The van der Waals surface area contributed by atoms with Gasteiger partial charge in [-0.1, -0.05) is 26.8 Å². The Bertz CT molecular complexity index is 570. The first-order chi connectivity index (χ1) is 10.8. The minimum atomic E-state index is -0.295. The van der Waals surface area contributed by atoms with Crippen LogP contribution in [0.4, 0.5) is 5.69 Å². The first kappa shape index (κ1) is 17.3. The molecule has 0 heterocycles. The fraction of sp³-hybridized carbons (Fsp3) is 0.556. The molecular formula is C18H26N2O3. The van der Waals surface area contributed by atoms with Crippen molar-refractivity contribution in [2.75, 3.05) is 5.32 Å². The van der Waals surface area contributed by atoms with Crippen molar-refractivity contribution in [1.82, 2.24) is 5.32 Å². The second-order valence-electron chi connectivity index (χ2n) is 7.35. The number of aromatic hydroxyl groups is 1. The summed E-state index contributed by atoms with van der Waals surface area (Å²) in [6.07, 6.45) is 4.60. The number of para-hydroxylation sites is 1. The van der Waals surface area contributed by atoms with E-state index in [1.165, 1.54) is 0 Å². The maximum absolute atomic E-state index is 12.4. The number of carbonyl (C=O) groups excluding carboxylic acids is 2.